The van der Waals surface area contributed by atoms with E-state index in [1.165, 1.54) is 33.8 Å². The van der Waals surface area contributed by atoms with Crippen LogP contribution in [0.1, 0.15) is 28.9 Å². The zero-order valence-corrected chi connectivity index (χ0v) is 17.9. The van der Waals surface area contributed by atoms with E-state index in [2.05, 4.69) is 20.5 Å². The molecule has 32 heavy (non-hydrogen) atoms. The second kappa shape index (κ2) is 8.62. The van der Waals surface area contributed by atoms with Crippen LogP contribution in [0.25, 0.3) is 11.0 Å². The summed E-state index contributed by atoms with van der Waals surface area (Å²) in [5.41, 5.74) is 1.60. The Morgan fingerprint density at radius 3 is 2.59 bits per heavy atom. The summed E-state index contributed by atoms with van der Waals surface area (Å²) in [6, 6.07) is 7.25. The van der Waals surface area contributed by atoms with Crippen molar-refractivity contribution in [2.24, 2.45) is 0 Å². The fourth-order valence-electron chi connectivity index (χ4n) is 3.45. The molecule has 3 aromatic heterocycles. The van der Waals surface area contributed by atoms with Crippen molar-refractivity contribution in [2.75, 3.05) is 5.32 Å². The molecular formula is C21H18ClF3N6O. The van der Waals surface area contributed by atoms with Crippen molar-refractivity contribution < 1.29 is 18.0 Å². The Morgan fingerprint density at radius 2 is 1.91 bits per heavy atom. The average Bonchev–Trinajstić information content (AvgIpc) is 3.22. The molecule has 1 amide bonds. The Morgan fingerprint density at radius 1 is 1.19 bits per heavy atom. The number of carbonyl (C=O) groups is 1. The van der Waals surface area contributed by atoms with E-state index in [4.69, 9.17) is 11.6 Å². The summed E-state index contributed by atoms with van der Waals surface area (Å²) in [4.78, 5) is 16.9. The monoisotopic (exact) mass is 462 g/mol. The van der Waals surface area contributed by atoms with Crippen molar-refractivity contribution in [3.8, 4) is 0 Å². The normalized spacial score (nSPS) is 11.5. The smallest absolute Gasteiger partial charge is 0.264 e. The highest BCUT2D eigenvalue weighted by atomic mass is 35.5. The van der Waals surface area contributed by atoms with Crippen molar-refractivity contribution in [2.45, 2.75) is 33.4 Å². The molecule has 0 fully saturated rings. The van der Waals surface area contributed by atoms with Gasteiger partial charge < -0.3 is 5.32 Å². The molecule has 166 valence electrons. The van der Waals surface area contributed by atoms with Crippen LogP contribution in [-0.2, 0) is 17.9 Å². The van der Waals surface area contributed by atoms with E-state index < -0.39 is 12.3 Å². The Balaban J connectivity index is 1.53. The van der Waals surface area contributed by atoms with Gasteiger partial charge in [0, 0.05) is 17.5 Å². The number of aromatic nitrogens is 5. The highest BCUT2D eigenvalue weighted by Crippen LogP contribution is 2.30. The summed E-state index contributed by atoms with van der Waals surface area (Å²) in [6.45, 7) is 3.27. The van der Waals surface area contributed by atoms with E-state index in [9.17, 15) is 18.0 Å². The van der Waals surface area contributed by atoms with Gasteiger partial charge in [-0.1, -0.05) is 23.7 Å². The summed E-state index contributed by atoms with van der Waals surface area (Å²) in [5.74, 6) is -0.693. The molecular weight excluding hydrogens is 445 g/mol. The summed E-state index contributed by atoms with van der Waals surface area (Å²) in [5, 5.41) is 11.5. The van der Waals surface area contributed by atoms with Gasteiger partial charge in [0.15, 0.2) is 11.5 Å². The Bertz CT molecular complexity index is 1300. The number of anilines is 1. The third kappa shape index (κ3) is 4.45. The van der Waals surface area contributed by atoms with Gasteiger partial charge in [-0.3, -0.25) is 9.48 Å². The van der Waals surface area contributed by atoms with Gasteiger partial charge in [0.2, 0.25) is 5.91 Å². The lowest BCUT2D eigenvalue weighted by Crippen LogP contribution is -2.20. The number of aryl methyl sites for hydroxylation is 2. The van der Waals surface area contributed by atoms with Crippen LogP contribution in [0.3, 0.4) is 0 Å². The van der Waals surface area contributed by atoms with E-state index in [0.717, 1.165) is 5.56 Å². The zero-order valence-electron chi connectivity index (χ0n) is 17.1. The predicted molar refractivity (Wildman–Crippen MR) is 113 cm³/mol. The molecule has 0 spiro atoms. The van der Waals surface area contributed by atoms with Crippen LogP contribution in [0.2, 0.25) is 5.02 Å². The number of alkyl halides is 2. The number of amides is 1. The molecule has 3 heterocycles. The molecule has 0 aliphatic heterocycles. The molecule has 7 nitrogen and oxygen atoms in total. The Hall–Kier alpha value is -3.40. The molecule has 0 aliphatic rings. The first kappa shape index (κ1) is 21.8. The molecule has 0 saturated heterocycles. The largest absolute Gasteiger partial charge is 0.306 e. The quantitative estimate of drug-likeness (QED) is 0.452. The summed E-state index contributed by atoms with van der Waals surface area (Å²) in [7, 11) is 0. The van der Waals surface area contributed by atoms with Crippen LogP contribution in [0.15, 0.2) is 36.5 Å². The molecule has 0 radical (unpaired) electrons. The first-order valence-electron chi connectivity index (χ1n) is 9.61. The number of hydrogen-bond acceptors (Lipinski definition) is 4. The molecule has 0 aliphatic carbocycles. The maximum Gasteiger partial charge on any atom is 0.264 e. The van der Waals surface area contributed by atoms with Gasteiger partial charge >= 0.3 is 0 Å². The third-order valence-electron chi connectivity index (χ3n) is 4.80. The second-order valence-electron chi connectivity index (χ2n) is 7.29. The number of fused-ring (bicyclic) bond motifs is 1. The highest BCUT2D eigenvalue weighted by Gasteiger charge is 2.21. The van der Waals surface area contributed by atoms with Gasteiger partial charge in [0.1, 0.15) is 17.4 Å². The van der Waals surface area contributed by atoms with Crippen LogP contribution in [0.5, 0.6) is 0 Å². The summed E-state index contributed by atoms with van der Waals surface area (Å²) >= 11 is 6.18. The fraction of sp³-hybridized carbons (Fsp3) is 0.238. The predicted octanol–water partition coefficient (Wildman–Crippen LogP) is 4.66. The highest BCUT2D eigenvalue weighted by molar-refractivity contribution is 6.33. The molecule has 0 unspecified atom stereocenters. The standard InChI is InChI=1S/C21H18ClF3N6O/c1-11-7-15(19(24)25)18-12(2)28-31(21(18)26-11)10-17(32)27-20-16(22)9-30(29-20)8-13-3-5-14(23)6-4-13/h3-7,9,19H,8,10H2,1-2H3,(H,27,29,32). The number of nitrogens with one attached hydrogen (secondary N) is 1. The van der Waals surface area contributed by atoms with Gasteiger partial charge in [-0.2, -0.15) is 10.2 Å². The topological polar surface area (TPSA) is 77.6 Å². The van der Waals surface area contributed by atoms with Crippen molar-refractivity contribution in [1.29, 1.82) is 0 Å². The zero-order chi connectivity index (χ0) is 23.0. The maximum atomic E-state index is 13.5. The number of benzene rings is 1. The van der Waals surface area contributed by atoms with E-state index >= 15 is 0 Å². The number of halogens is 4. The van der Waals surface area contributed by atoms with Gasteiger partial charge in [-0.05, 0) is 37.6 Å². The third-order valence-corrected chi connectivity index (χ3v) is 5.07. The van der Waals surface area contributed by atoms with Gasteiger partial charge in [0.25, 0.3) is 6.43 Å². The van der Waals surface area contributed by atoms with Gasteiger partial charge in [-0.25, -0.2) is 22.8 Å². The molecule has 0 saturated carbocycles. The van der Waals surface area contributed by atoms with Crippen molar-refractivity contribution >= 4 is 34.4 Å². The van der Waals surface area contributed by atoms with E-state index in [-0.39, 0.29) is 39.8 Å². The van der Waals surface area contributed by atoms with Crippen LogP contribution in [0, 0.1) is 19.7 Å². The average molecular weight is 463 g/mol. The van der Waals surface area contributed by atoms with Gasteiger partial charge in [0.05, 0.1) is 17.6 Å². The van der Waals surface area contributed by atoms with Crippen LogP contribution >= 0.6 is 11.6 Å². The molecule has 11 heteroatoms. The van der Waals surface area contributed by atoms with Gasteiger partial charge in [-0.15, -0.1) is 0 Å². The number of hydrogen-bond donors (Lipinski definition) is 1. The molecule has 0 bridgehead atoms. The van der Waals surface area contributed by atoms with E-state index in [1.807, 2.05) is 0 Å². The lowest BCUT2D eigenvalue weighted by molar-refractivity contribution is -0.116. The van der Waals surface area contributed by atoms with Crippen molar-refractivity contribution in [3.05, 3.63) is 69.9 Å². The maximum absolute atomic E-state index is 13.5. The molecule has 0 atom stereocenters. The first-order chi connectivity index (χ1) is 15.2. The summed E-state index contributed by atoms with van der Waals surface area (Å²) < 4.78 is 42.8. The summed E-state index contributed by atoms with van der Waals surface area (Å²) in [6.07, 6.45) is -1.15. The molecule has 4 rings (SSSR count). The van der Waals surface area contributed by atoms with Crippen LogP contribution in [0.4, 0.5) is 19.0 Å². The SMILES string of the molecule is Cc1cc(C(F)F)c2c(C)nn(CC(=O)Nc3nn(Cc4ccc(F)cc4)cc3Cl)c2n1. The minimum atomic E-state index is -2.69. The van der Waals surface area contributed by atoms with Crippen molar-refractivity contribution in [1.82, 2.24) is 24.5 Å². The molecule has 1 aromatic carbocycles. The molecule has 4 aromatic rings. The Labute approximate surface area is 185 Å². The first-order valence-corrected chi connectivity index (χ1v) is 9.99. The van der Waals surface area contributed by atoms with Crippen LogP contribution < -0.4 is 5.32 Å². The van der Waals surface area contributed by atoms with E-state index in [0.29, 0.717) is 17.9 Å². The Kier molecular flexibility index (Phi) is 5.88. The number of pyridine rings is 1. The number of nitrogens with zero attached hydrogens (tertiary/aromatic N) is 5. The lowest BCUT2D eigenvalue weighted by atomic mass is 10.1. The minimum absolute atomic E-state index is 0.143. The lowest BCUT2D eigenvalue weighted by Gasteiger charge is -2.07. The van der Waals surface area contributed by atoms with Crippen LogP contribution in [-0.4, -0.2) is 30.5 Å². The number of carbonyl (C=O) groups excluding carboxylic acids is 1. The second-order valence-corrected chi connectivity index (χ2v) is 7.70. The molecule has 1 N–H and O–H groups in total. The van der Waals surface area contributed by atoms with Crippen molar-refractivity contribution in [3.63, 3.8) is 0 Å². The number of rotatable bonds is 6. The van der Waals surface area contributed by atoms with E-state index in [1.54, 1.807) is 26.0 Å². The fourth-order valence-corrected chi connectivity index (χ4v) is 3.64. The minimum Gasteiger partial charge on any atom is -0.306 e.